The minimum atomic E-state index is -0.858. The Labute approximate surface area is 114 Å². The Morgan fingerprint density at radius 2 is 1.58 bits per heavy atom. The molecule has 0 heterocycles. The van der Waals surface area contributed by atoms with Gasteiger partial charge in [-0.05, 0) is 35.9 Å². The van der Waals surface area contributed by atoms with Crippen LogP contribution >= 0.6 is 11.8 Å². The third-order valence-electron chi connectivity index (χ3n) is 2.46. The van der Waals surface area contributed by atoms with Crippen molar-refractivity contribution >= 4 is 17.7 Å². The van der Waals surface area contributed by atoms with Crippen molar-refractivity contribution in [2.75, 3.05) is 0 Å². The first kappa shape index (κ1) is 13.3. The summed E-state index contributed by atoms with van der Waals surface area (Å²) in [5.41, 5.74) is 0.741. The Morgan fingerprint density at radius 1 is 0.947 bits per heavy atom. The molecule has 0 fully saturated rings. The molecule has 0 aliphatic heterocycles. The Morgan fingerprint density at radius 3 is 2.16 bits per heavy atom. The van der Waals surface area contributed by atoms with Crippen LogP contribution in [0.5, 0.6) is 11.5 Å². The van der Waals surface area contributed by atoms with E-state index in [0.29, 0.717) is 0 Å². The summed E-state index contributed by atoms with van der Waals surface area (Å²) in [6.45, 7) is 0. The Hall–Kier alpha value is -2.14. The Balaban J connectivity index is 2.10. The topological polar surface area (TPSA) is 77.8 Å². The molecule has 0 spiro atoms. The van der Waals surface area contributed by atoms with Gasteiger partial charge in [0, 0.05) is 9.79 Å². The fourth-order valence-electron chi connectivity index (χ4n) is 1.55. The molecule has 0 radical (unpaired) electrons. The molecule has 0 unspecified atom stereocenters. The molecule has 2 aromatic rings. The first-order chi connectivity index (χ1) is 9.04. The van der Waals surface area contributed by atoms with E-state index in [1.54, 1.807) is 18.2 Å². The number of phenols is 2. The van der Waals surface area contributed by atoms with Crippen LogP contribution in [0.1, 0.15) is 5.56 Å². The predicted molar refractivity (Wildman–Crippen MR) is 71.7 cm³/mol. The average Bonchev–Trinajstić information content (AvgIpc) is 2.36. The van der Waals surface area contributed by atoms with Crippen molar-refractivity contribution in [1.29, 1.82) is 0 Å². The maximum Gasteiger partial charge on any atom is 0.307 e. The van der Waals surface area contributed by atoms with E-state index >= 15 is 0 Å². The number of carbonyl (C=O) groups is 1. The van der Waals surface area contributed by atoms with Gasteiger partial charge in [0.2, 0.25) is 0 Å². The molecule has 0 amide bonds. The van der Waals surface area contributed by atoms with Crippen molar-refractivity contribution in [3.05, 3.63) is 48.0 Å². The molecule has 2 rings (SSSR count). The minimum absolute atomic E-state index is 0.00490. The lowest BCUT2D eigenvalue weighted by atomic mass is 10.2. The zero-order valence-corrected chi connectivity index (χ0v) is 10.7. The van der Waals surface area contributed by atoms with Gasteiger partial charge in [0.15, 0.2) is 11.5 Å². The summed E-state index contributed by atoms with van der Waals surface area (Å²) in [4.78, 5) is 12.3. The highest BCUT2D eigenvalue weighted by Crippen LogP contribution is 2.33. The van der Waals surface area contributed by atoms with Crippen molar-refractivity contribution in [2.24, 2.45) is 0 Å². The van der Waals surface area contributed by atoms with E-state index in [9.17, 15) is 15.0 Å². The van der Waals surface area contributed by atoms with E-state index in [4.69, 9.17) is 5.11 Å². The molecule has 5 heteroatoms. The van der Waals surface area contributed by atoms with E-state index in [2.05, 4.69) is 0 Å². The normalized spacial score (nSPS) is 10.3. The van der Waals surface area contributed by atoms with Crippen molar-refractivity contribution in [3.8, 4) is 11.5 Å². The minimum Gasteiger partial charge on any atom is -0.504 e. The Bertz CT molecular complexity index is 593. The number of rotatable bonds is 4. The number of hydrogen-bond donors (Lipinski definition) is 3. The van der Waals surface area contributed by atoms with Gasteiger partial charge in [-0.1, -0.05) is 23.9 Å². The van der Waals surface area contributed by atoms with Crippen molar-refractivity contribution < 1.29 is 20.1 Å². The summed E-state index contributed by atoms with van der Waals surface area (Å²) in [5, 5.41) is 27.3. The lowest BCUT2D eigenvalue weighted by molar-refractivity contribution is -0.136. The molecule has 19 heavy (non-hydrogen) atoms. The van der Waals surface area contributed by atoms with Crippen molar-refractivity contribution in [2.45, 2.75) is 16.2 Å². The number of carboxylic acid groups (broad SMARTS) is 1. The van der Waals surface area contributed by atoms with Gasteiger partial charge in [-0.15, -0.1) is 0 Å². The van der Waals surface area contributed by atoms with Crippen LogP contribution in [0.25, 0.3) is 0 Å². The molecule has 3 N–H and O–H groups in total. The fourth-order valence-corrected chi connectivity index (χ4v) is 2.40. The molecule has 0 aliphatic carbocycles. The van der Waals surface area contributed by atoms with E-state index in [0.717, 1.165) is 15.4 Å². The van der Waals surface area contributed by atoms with Gasteiger partial charge in [0.1, 0.15) is 0 Å². The van der Waals surface area contributed by atoms with Crippen LogP contribution < -0.4 is 0 Å². The molecular formula is C14H12O4S. The summed E-state index contributed by atoms with van der Waals surface area (Å²) in [7, 11) is 0. The molecule has 0 atom stereocenters. The van der Waals surface area contributed by atoms with Crippen LogP contribution in [0.4, 0.5) is 0 Å². The highest BCUT2D eigenvalue weighted by atomic mass is 32.2. The number of aliphatic carboxylic acids is 1. The van der Waals surface area contributed by atoms with Gasteiger partial charge in [-0.3, -0.25) is 4.79 Å². The summed E-state index contributed by atoms with van der Waals surface area (Å²) >= 11 is 1.42. The number of aromatic hydroxyl groups is 2. The van der Waals surface area contributed by atoms with Crippen LogP contribution in [0, 0.1) is 0 Å². The third-order valence-corrected chi connectivity index (χ3v) is 3.46. The van der Waals surface area contributed by atoms with Gasteiger partial charge in [-0.25, -0.2) is 0 Å². The molecule has 4 nitrogen and oxygen atoms in total. The number of benzene rings is 2. The zero-order chi connectivity index (χ0) is 13.8. The van der Waals surface area contributed by atoms with Gasteiger partial charge in [0.25, 0.3) is 0 Å². The molecule has 0 aliphatic rings. The van der Waals surface area contributed by atoms with Crippen LogP contribution in [0.2, 0.25) is 0 Å². The smallest absolute Gasteiger partial charge is 0.307 e. The van der Waals surface area contributed by atoms with E-state index in [1.807, 2.05) is 12.1 Å². The quantitative estimate of drug-likeness (QED) is 0.748. The van der Waals surface area contributed by atoms with Gasteiger partial charge < -0.3 is 15.3 Å². The van der Waals surface area contributed by atoms with Crippen LogP contribution in [-0.4, -0.2) is 21.3 Å². The lowest BCUT2D eigenvalue weighted by Crippen LogP contribution is -1.99. The van der Waals surface area contributed by atoms with Crippen molar-refractivity contribution in [3.63, 3.8) is 0 Å². The van der Waals surface area contributed by atoms with E-state index in [-0.39, 0.29) is 17.9 Å². The zero-order valence-electron chi connectivity index (χ0n) is 9.91. The Kier molecular flexibility index (Phi) is 3.97. The molecule has 2 aromatic carbocycles. The first-order valence-electron chi connectivity index (χ1n) is 5.55. The number of hydrogen-bond acceptors (Lipinski definition) is 4. The summed E-state index contributed by atoms with van der Waals surface area (Å²) < 4.78 is 0. The van der Waals surface area contributed by atoms with Crippen LogP contribution in [0.3, 0.4) is 0 Å². The molecule has 0 saturated carbocycles. The largest absolute Gasteiger partial charge is 0.504 e. The van der Waals surface area contributed by atoms with Gasteiger partial charge in [-0.2, -0.15) is 0 Å². The maximum absolute atomic E-state index is 10.6. The molecular weight excluding hydrogens is 264 g/mol. The van der Waals surface area contributed by atoms with Gasteiger partial charge in [0.05, 0.1) is 6.42 Å². The van der Waals surface area contributed by atoms with E-state index in [1.165, 1.54) is 23.9 Å². The standard InChI is InChI=1S/C14H12O4S/c15-12-6-5-11(8-13(12)16)19-10-3-1-9(2-4-10)7-14(17)18/h1-6,8,15-16H,7H2,(H,17,18). The number of phenolic OH excluding ortho intramolecular Hbond substituents is 2. The van der Waals surface area contributed by atoms with Crippen LogP contribution in [-0.2, 0) is 11.2 Å². The monoisotopic (exact) mass is 276 g/mol. The molecule has 98 valence electrons. The second-order valence-corrected chi connectivity index (χ2v) is 5.11. The highest BCUT2D eigenvalue weighted by Gasteiger charge is 2.04. The second kappa shape index (κ2) is 5.67. The third kappa shape index (κ3) is 3.66. The highest BCUT2D eigenvalue weighted by molar-refractivity contribution is 7.99. The first-order valence-corrected chi connectivity index (χ1v) is 6.37. The SMILES string of the molecule is O=C(O)Cc1ccc(Sc2ccc(O)c(O)c2)cc1. The summed E-state index contributed by atoms with van der Waals surface area (Å²) in [5.74, 6) is -1.17. The van der Waals surface area contributed by atoms with Crippen LogP contribution in [0.15, 0.2) is 52.3 Å². The molecule has 0 aromatic heterocycles. The average molecular weight is 276 g/mol. The summed E-state index contributed by atoms with van der Waals surface area (Å²) in [6.07, 6.45) is 0.00490. The van der Waals surface area contributed by atoms with Gasteiger partial charge >= 0.3 is 5.97 Å². The van der Waals surface area contributed by atoms with Crippen molar-refractivity contribution in [1.82, 2.24) is 0 Å². The lowest BCUT2D eigenvalue weighted by Gasteiger charge is -2.04. The summed E-state index contributed by atoms with van der Waals surface area (Å²) in [6, 6.07) is 11.8. The van der Waals surface area contributed by atoms with E-state index < -0.39 is 5.97 Å². The molecule has 0 bridgehead atoms. The predicted octanol–water partition coefficient (Wildman–Crippen LogP) is 2.88. The molecule has 0 saturated heterocycles. The fraction of sp³-hybridized carbons (Fsp3) is 0.0714. The number of carboxylic acids is 1. The maximum atomic E-state index is 10.6. The second-order valence-electron chi connectivity index (χ2n) is 3.97.